The van der Waals surface area contributed by atoms with Gasteiger partial charge in [-0.25, -0.2) is 0 Å². The van der Waals surface area contributed by atoms with Crippen molar-refractivity contribution in [1.29, 1.82) is 0 Å². The zero-order chi connectivity index (χ0) is 22.6. The highest BCUT2D eigenvalue weighted by atomic mass is 16.4. The van der Waals surface area contributed by atoms with Gasteiger partial charge in [-0.15, -0.1) is 0 Å². The maximum atomic E-state index is 13.4. The monoisotopic (exact) mass is 430 g/mol. The summed E-state index contributed by atoms with van der Waals surface area (Å²) in [6.45, 7) is 9.00. The van der Waals surface area contributed by atoms with Gasteiger partial charge in [0.05, 0.1) is 12.0 Å². The van der Waals surface area contributed by atoms with Gasteiger partial charge in [0.25, 0.3) is 0 Å². The molecule has 0 spiro atoms. The number of aliphatic hydroxyl groups excluding tert-OH is 1. The maximum absolute atomic E-state index is 13.4. The Morgan fingerprint density at radius 1 is 1.10 bits per heavy atom. The SMILES string of the molecule is CC(CCCC(C)[C@H]1CC[C@H]2[C@@H]3C(=O)C=C4C[C@@H](O)CC[C@]4(C)[C@H]3CC[C@]12C)C(=O)O. The van der Waals surface area contributed by atoms with Crippen LogP contribution >= 0.6 is 0 Å². The van der Waals surface area contributed by atoms with Gasteiger partial charge >= 0.3 is 5.97 Å². The molecule has 4 heteroatoms. The molecule has 4 aliphatic rings. The lowest BCUT2D eigenvalue weighted by molar-refractivity contribution is -0.141. The second-order valence-electron chi connectivity index (χ2n) is 12.0. The summed E-state index contributed by atoms with van der Waals surface area (Å²) in [5.74, 6) is 1.69. The fourth-order valence-corrected chi connectivity index (χ4v) is 8.43. The van der Waals surface area contributed by atoms with Crippen LogP contribution in [0.1, 0.15) is 91.9 Å². The van der Waals surface area contributed by atoms with Crippen LogP contribution in [-0.2, 0) is 9.59 Å². The molecular formula is C27H42O4. The van der Waals surface area contributed by atoms with Gasteiger partial charge in [0.2, 0.25) is 0 Å². The van der Waals surface area contributed by atoms with Gasteiger partial charge < -0.3 is 10.2 Å². The van der Waals surface area contributed by atoms with Crippen molar-refractivity contribution in [2.45, 2.75) is 98.0 Å². The van der Waals surface area contributed by atoms with E-state index in [1.54, 1.807) is 0 Å². The summed E-state index contributed by atoms with van der Waals surface area (Å²) in [6, 6.07) is 0. The van der Waals surface area contributed by atoms with E-state index in [-0.39, 0.29) is 28.8 Å². The minimum absolute atomic E-state index is 0.0931. The molecule has 2 N–H and O–H groups in total. The van der Waals surface area contributed by atoms with E-state index in [0.717, 1.165) is 44.9 Å². The predicted octanol–water partition coefficient (Wildman–Crippen LogP) is 5.63. The Balaban J connectivity index is 1.49. The lowest BCUT2D eigenvalue weighted by Crippen LogP contribution is -2.53. The van der Waals surface area contributed by atoms with Crippen LogP contribution in [0.5, 0.6) is 0 Å². The highest BCUT2D eigenvalue weighted by Crippen LogP contribution is 2.66. The molecule has 0 bridgehead atoms. The zero-order valence-corrected chi connectivity index (χ0v) is 19.9. The number of allylic oxidation sites excluding steroid dienone is 1. The molecule has 0 saturated heterocycles. The van der Waals surface area contributed by atoms with Crippen molar-refractivity contribution in [2.75, 3.05) is 0 Å². The Morgan fingerprint density at radius 3 is 2.55 bits per heavy atom. The third-order valence-electron chi connectivity index (χ3n) is 10.4. The molecule has 9 atom stereocenters. The first-order chi connectivity index (χ1) is 14.6. The van der Waals surface area contributed by atoms with Crippen molar-refractivity contribution in [3.8, 4) is 0 Å². The molecule has 3 saturated carbocycles. The van der Waals surface area contributed by atoms with Crippen molar-refractivity contribution in [3.63, 3.8) is 0 Å². The van der Waals surface area contributed by atoms with Gasteiger partial charge in [-0.05, 0) is 91.9 Å². The summed E-state index contributed by atoms with van der Waals surface area (Å²) in [7, 11) is 0. The highest BCUT2D eigenvalue weighted by molar-refractivity contribution is 5.94. The smallest absolute Gasteiger partial charge is 0.306 e. The summed E-state index contributed by atoms with van der Waals surface area (Å²) in [6.07, 6.45) is 11.7. The Bertz CT molecular complexity index is 756. The molecular weight excluding hydrogens is 388 g/mol. The standard InChI is InChI=1S/C27H42O4/c1-16(6-5-7-17(2)25(30)31)20-8-9-21-24-22(11-13-27(20,21)4)26(3)12-10-19(28)14-18(26)15-23(24)29/h15-17,19-22,24,28H,5-14H2,1-4H3,(H,30,31)/t16?,17?,19-,20+,21-,22-,24-,26-,27+/m0/s1. The Morgan fingerprint density at radius 2 is 1.84 bits per heavy atom. The number of carbonyl (C=O) groups is 2. The molecule has 0 aromatic heterocycles. The van der Waals surface area contributed by atoms with Gasteiger partial charge in [-0.3, -0.25) is 9.59 Å². The molecule has 4 aliphatic carbocycles. The lowest BCUT2D eigenvalue weighted by atomic mass is 9.46. The van der Waals surface area contributed by atoms with Gasteiger partial charge in [0.15, 0.2) is 5.78 Å². The van der Waals surface area contributed by atoms with Crippen LogP contribution in [0.2, 0.25) is 0 Å². The van der Waals surface area contributed by atoms with E-state index in [1.165, 1.54) is 18.4 Å². The summed E-state index contributed by atoms with van der Waals surface area (Å²) in [4.78, 5) is 24.5. The van der Waals surface area contributed by atoms with E-state index in [1.807, 2.05) is 13.0 Å². The number of carboxylic acid groups (broad SMARTS) is 1. The third-order valence-corrected chi connectivity index (χ3v) is 10.4. The number of rotatable bonds is 6. The molecule has 2 unspecified atom stereocenters. The summed E-state index contributed by atoms with van der Waals surface area (Å²) in [5.41, 5.74) is 1.54. The van der Waals surface area contributed by atoms with E-state index >= 15 is 0 Å². The number of hydrogen-bond donors (Lipinski definition) is 2. The number of hydrogen-bond acceptors (Lipinski definition) is 3. The number of ketones is 1. The fraction of sp³-hybridized carbons (Fsp3) is 0.852. The van der Waals surface area contributed by atoms with Crippen LogP contribution in [0.25, 0.3) is 0 Å². The van der Waals surface area contributed by atoms with Gasteiger partial charge in [-0.2, -0.15) is 0 Å². The fourth-order valence-electron chi connectivity index (χ4n) is 8.43. The largest absolute Gasteiger partial charge is 0.481 e. The van der Waals surface area contributed by atoms with Crippen LogP contribution in [0.4, 0.5) is 0 Å². The van der Waals surface area contributed by atoms with Crippen LogP contribution < -0.4 is 0 Å². The molecule has 0 aliphatic heterocycles. The molecule has 174 valence electrons. The first-order valence-corrected chi connectivity index (χ1v) is 12.7. The van der Waals surface area contributed by atoms with Crippen molar-refractivity contribution >= 4 is 11.8 Å². The Kier molecular flexibility index (Phi) is 6.17. The van der Waals surface area contributed by atoms with Crippen molar-refractivity contribution in [3.05, 3.63) is 11.6 Å². The summed E-state index contributed by atoms with van der Waals surface area (Å²) in [5, 5.41) is 19.3. The predicted molar refractivity (Wildman–Crippen MR) is 121 cm³/mol. The van der Waals surface area contributed by atoms with Gasteiger partial charge in [0.1, 0.15) is 0 Å². The third kappa shape index (κ3) is 3.81. The quantitative estimate of drug-likeness (QED) is 0.572. The second-order valence-corrected chi connectivity index (χ2v) is 12.0. The molecule has 31 heavy (non-hydrogen) atoms. The van der Waals surface area contributed by atoms with Gasteiger partial charge in [-0.1, -0.05) is 46.1 Å². The zero-order valence-electron chi connectivity index (χ0n) is 19.9. The summed E-state index contributed by atoms with van der Waals surface area (Å²) >= 11 is 0. The Labute approximate surface area is 187 Å². The summed E-state index contributed by atoms with van der Waals surface area (Å²) < 4.78 is 0. The molecule has 0 heterocycles. The van der Waals surface area contributed by atoms with Crippen molar-refractivity contribution in [2.24, 2.45) is 46.3 Å². The van der Waals surface area contributed by atoms with Crippen LogP contribution in [0.15, 0.2) is 11.6 Å². The lowest BCUT2D eigenvalue weighted by Gasteiger charge is -2.57. The number of carbonyl (C=O) groups excluding carboxylic acids is 1. The molecule has 0 radical (unpaired) electrons. The Hall–Kier alpha value is -1.16. The van der Waals surface area contributed by atoms with Crippen molar-refractivity contribution < 1.29 is 19.8 Å². The minimum Gasteiger partial charge on any atom is -0.481 e. The van der Waals surface area contributed by atoms with Crippen LogP contribution in [0, 0.1) is 46.3 Å². The number of carboxylic acids is 1. The number of aliphatic carboxylic acids is 1. The van der Waals surface area contributed by atoms with Gasteiger partial charge in [0, 0.05) is 5.92 Å². The van der Waals surface area contributed by atoms with Crippen molar-refractivity contribution in [1.82, 2.24) is 0 Å². The average molecular weight is 431 g/mol. The second kappa shape index (κ2) is 8.32. The molecule has 4 nitrogen and oxygen atoms in total. The maximum Gasteiger partial charge on any atom is 0.306 e. The van der Waals surface area contributed by atoms with Crippen LogP contribution in [-0.4, -0.2) is 28.1 Å². The minimum atomic E-state index is -0.689. The molecule has 3 fully saturated rings. The normalized spacial score (nSPS) is 44.0. The van der Waals surface area contributed by atoms with E-state index in [2.05, 4.69) is 20.8 Å². The molecule has 0 aromatic rings. The average Bonchev–Trinajstić information content (AvgIpc) is 3.06. The topological polar surface area (TPSA) is 74.6 Å². The molecule has 0 aromatic carbocycles. The first kappa shape index (κ1) is 23.0. The highest BCUT2D eigenvalue weighted by Gasteiger charge is 2.61. The molecule has 0 amide bonds. The van der Waals surface area contributed by atoms with E-state index in [4.69, 9.17) is 5.11 Å². The number of fused-ring (bicyclic) bond motifs is 5. The van der Waals surface area contributed by atoms with E-state index < -0.39 is 5.97 Å². The number of aliphatic hydroxyl groups is 1. The van der Waals surface area contributed by atoms with Crippen LogP contribution in [0.3, 0.4) is 0 Å². The first-order valence-electron chi connectivity index (χ1n) is 12.7. The van der Waals surface area contributed by atoms with E-state index in [9.17, 15) is 14.7 Å². The molecule has 4 rings (SSSR count). The van der Waals surface area contributed by atoms with E-state index in [0.29, 0.717) is 35.9 Å².